The van der Waals surface area contributed by atoms with Crippen molar-refractivity contribution in [2.24, 2.45) is 0 Å². The van der Waals surface area contributed by atoms with E-state index in [2.05, 4.69) is 32.0 Å². The van der Waals surface area contributed by atoms with E-state index in [1.165, 1.54) is 11.3 Å². The van der Waals surface area contributed by atoms with E-state index in [9.17, 15) is 0 Å². The zero-order valence-corrected chi connectivity index (χ0v) is 11.6. The first kappa shape index (κ1) is 12.1. The van der Waals surface area contributed by atoms with Crippen molar-refractivity contribution in [3.63, 3.8) is 0 Å². The lowest BCUT2D eigenvalue weighted by molar-refractivity contribution is 0.731. The van der Waals surface area contributed by atoms with Gasteiger partial charge in [0.25, 0.3) is 0 Å². The number of aryl methyl sites for hydroxylation is 3. The minimum Gasteiger partial charge on any atom is -0.340 e. The molecule has 1 saturated heterocycles. The molecule has 3 heterocycles. The molecule has 0 saturated carbocycles. The smallest absolute Gasteiger partial charge is 0.225 e. The van der Waals surface area contributed by atoms with Crippen LogP contribution in [0.15, 0.2) is 12.3 Å². The van der Waals surface area contributed by atoms with Gasteiger partial charge in [0.15, 0.2) is 0 Å². The maximum atomic E-state index is 4.54. The lowest BCUT2D eigenvalue weighted by Crippen LogP contribution is -2.22. The molecule has 0 aromatic carbocycles. The monoisotopic (exact) mass is 257 g/mol. The summed E-state index contributed by atoms with van der Waals surface area (Å²) in [6.07, 6.45) is 3.02. The molecule has 2 aromatic heterocycles. The predicted octanol–water partition coefficient (Wildman–Crippen LogP) is 2.12. The number of aromatic amines is 1. The maximum absolute atomic E-state index is 4.54. The highest BCUT2D eigenvalue weighted by Gasteiger charge is 2.27. The number of nitrogens with zero attached hydrogens (tertiary/aromatic N) is 4. The van der Waals surface area contributed by atoms with Crippen LogP contribution in [0.4, 0.5) is 5.95 Å². The SMILES string of the molecule is Cc1cc(C)nc(N2CC[C@@H](c3[nH]ncc3C)C2)n1. The first-order valence-electron chi connectivity index (χ1n) is 6.70. The molecule has 5 heteroatoms. The molecule has 0 amide bonds. The Morgan fingerprint density at radius 3 is 2.58 bits per heavy atom. The Balaban J connectivity index is 1.80. The molecule has 0 radical (unpaired) electrons. The number of anilines is 1. The summed E-state index contributed by atoms with van der Waals surface area (Å²) in [5.41, 5.74) is 4.56. The van der Waals surface area contributed by atoms with Crippen LogP contribution in [-0.4, -0.2) is 33.3 Å². The zero-order chi connectivity index (χ0) is 13.4. The molecule has 1 aliphatic heterocycles. The van der Waals surface area contributed by atoms with Crippen molar-refractivity contribution < 1.29 is 0 Å². The number of H-pyrrole nitrogens is 1. The third kappa shape index (κ3) is 2.32. The van der Waals surface area contributed by atoms with Crippen molar-refractivity contribution in [3.8, 4) is 0 Å². The first-order chi connectivity index (χ1) is 9.13. The van der Waals surface area contributed by atoms with E-state index in [4.69, 9.17) is 0 Å². The number of hydrogen-bond acceptors (Lipinski definition) is 4. The molecular formula is C14H19N5. The third-order valence-corrected chi connectivity index (χ3v) is 3.72. The summed E-state index contributed by atoms with van der Waals surface area (Å²) in [6, 6.07) is 2.01. The Hall–Kier alpha value is -1.91. The summed E-state index contributed by atoms with van der Waals surface area (Å²) in [5, 5.41) is 7.24. The highest BCUT2D eigenvalue weighted by Crippen LogP contribution is 2.29. The molecule has 1 N–H and O–H groups in total. The van der Waals surface area contributed by atoms with Crippen LogP contribution in [0.5, 0.6) is 0 Å². The summed E-state index contributed by atoms with van der Waals surface area (Å²) >= 11 is 0. The molecule has 100 valence electrons. The van der Waals surface area contributed by atoms with E-state index in [-0.39, 0.29) is 0 Å². The van der Waals surface area contributed by atoms with Crippen molar-refractivity contribution in [2.45, 2.75) is 33.1 Å². The van der Waals surface area contributed by atoms with Gasteiger partial charge >= 0.3 is 0 Å². The van der Waals surface area contributed by atoms with Gasteiger partial charge in [-0.25, -0.2) is 9.97 Å². The van der Waals surface area contributed by atoms with Gasteiger partial charge < -0.3 is 4.90 Å². The predicted molar refractivity (Wildman–Crippen MR) is 74.4 cm³/mol. The van der Waals surface area contributed by atoms with Crippen molar-refractivity contribution in [1.82, 2.24) is 20.2 Å². The fourth-order valence-corrected chi connectivity index (χ4v) is 2.80. The zero-order valence-electron chi connectivity index (χ0n) is 11.6. The van der Waals surface area contributed by atoms with E-state index in [1.54, 1.807) is 0 Å². The van der Waals surface area contributed by atoms with Crippen LogP contribution in [-0.2, 0) is 0 Å². The van der Waals surface area contributed by atoms with Crippen LogP contribution >= 0.6 is 0 Å². The molecule has 0 bridgehead atoms. The second-order valence-corrected chi connectivity index (χ2v) is 5.35. The molecule has 3 rings (SSSR count). The Labute approximate surface area is 113 Å². The number of aromatic nitrogens is 4. The van der Waals surface area contributed by atoms with Crippen LogP contribution in [0.3, 0.4) is 0 Å². The second kappa shape index (κ2) is 4.64. The minimum atomic E-state index is 0.506. The molecule has 19 heavy (non-hydrogen) atoms. The highest BCUT2D eigenvalue weighted by molar-refractivity contribution is 5.36. The summed E-state index contributed by atoms with van der Waals surface area (Å²) < 4.78 is 0. The lowest BCUT2D eigenvalue weighted by atomic mass is 10.0. The average Bonchev–Trinajstić information content (AvgIpc) is 2.95. The molecule has 1 fully saturated rings. The Kier molecular flexibility index (Phi) is 2.97. The molecule has 1 aliphatic rings. The van der Waals surface area contributed by atoms with Gasteiger partial charge in [-0.15, -0.1) is 0 Å². The van der Waals surface area contributed by atoms with Gasteiger partial charge in [0, 0.05) is 36.1 Å². The fourth-order valence-electron chi connectivity index (χ4n) is 2.80. The topological polar surface area (TPSA) is 57.7 Å². The van der Waals surface area contributed by atoms with Gasteiger partial charge in [-0.1, -0.05) is 0 Å². The van der Waals surface area contributed by atoms with Gasteiger partial charge in [0.1, 0.15) is 0 Å². The van der Waals surface area contributed by atoms with Crippen LogP contribution in [0, 0.1) is 20.8 Å². The van der Waals surface area contributed by atoms with Crippen molar-refractivity contribution >= 4 is 5.95 Å². The molecular weight excluding hydrogens is 238 g/mol. The van der Waals surface area contributed by atoms with E-state index >= 15 is 0 Å². The number of rotatable bonds is 2. The molecule has 0 spiro atoms. The summed E-state index contributed by atoms with van der Waals surface area (Å²) in [6.45, 7) is 8.11. The summed E-state index contributed by atoms with van der Waals surface area (Å²) in [5.74, 6) is 1.36. The molecule has 2 aromatic rings. The van der Waals surface area contributed by atoms with Crippen LogP contribution in [0.1, 0.15) is 35.0 Å². The van der Waals surface area contributed by atoms with E-state index in [0.29, 0.717) is 5.92 Å². The van der Waals surface area contributed by atoms with Crippen molar-refractivity contribution in [1.29, 1.82) is 0 Å². The van der Waals surface area contributed by atoms with Gasteiger partial charge in [-0.2, -0.15) is 5.10 Å². The average molecular weight is 257 g/mol. The van der Waals surface area contributed by atoms with Gasteiger partial charge in [0.05, 0.1) is 6.20 Å². The van der Waals surface area contributed by atoms with Gasteiger partial charge in [0.2, 0.25) is 5.95 Å². The van der Waals surface area contributed by atoms with Crippen LogP contribution in [0.25, 0.3) is 0 Å². The third-order valence-electron chi connectivity index (χ3n) is 3.72. The summed E-state index contributed by atoms with van der Waals surface area (Å²) in [4.78, 5) is 11.4. The van der Waals surface area contributed by atoms with E-state index in [1.807, 2.05) is 26.1 Å². The standard InChI is InChI=1S/C14H19N5/c1-9-7-15-18-13(9)12-4-5-19(8-12)14-16-10(2)6-11(3)17-14/h6-7,12H,4-5,8H2,1-3H3,(H,15,18)/t12-/m1/s1. The van der Waals surface area contributed by atoms with Crippen LogP contribution in [0.2, 0.25) is 0 Å². The number of hydrogen-bond donors (Lipinski definition) is 1. The molecule has 0 aliphatic carbocycles. The summed E-state index contributed by atoms with van der Waals surface area (Å²) in [7, 11) is 0. The Morgan fingerprint density at radius 2 is 1.95 bits per heavy atom. The Morgan fingerprint density at radius 1 is 1.21 bits per heavy atom. The van der Waals surface area contributed by atoms with Crippen LogP contribution < -0.4 is 4.90 Å². The second-order valence-electron chi connectivity index (χ2n) is 5.35. The van der Waals surface area contributed by atoms with Gasteiger partial charge in [-0.05, 0) is 38.8 Å². The Bertz CT molecular complexity index is 569. The molecule has 5 nitrogen and oxygen atoms in total. The van der Waals surface area contributed by atoms with Gasteiger partial charge in [-0.3, -0.25) is 5.10 Å². The van der Waals surface area contributed by atoms with E-state index in [0.717, 1.165) is 36.8 Å². The maximum Gasteiger partial charge on any atom is 0.225 e. The quantitative estimate of drug-likeness (QED) is 0.895. The van der Waals surface area contributed by atoms with Crippen molar-refractivity contribution in [3.05, 3.63) is 34.9 Å². The molecule has 1 atom stereocenters. The minimum absolute atomic E-state index is 0.506. The van der Waals surface area contributed by atoms with Crippen molar-refractivity contribution in [2.75, 3.05) is 18.0 Å². The fraction of sp³-hybridized carbons (Fsp3) is 0.500. The first-order valence-corrected chi connectivity index (χ1v) is 6.70. The largest absolute Gasteiger partial charge is 0.340 e. The number of nitrogens with one attached hydrogen (secondary N) is 1. The normalized spacial score (nSPS) is 19.1. The highest BCUT2D eigenvalue weighted by atomic mass is 15.3. The lowest BCUT2D eigenvalue weighted by Gasteiger charge is -2.17. The molecule has 0 unspecified atom stereocenters. The van der Waals surface area contributed by atoms with E-state index < -0.39 is 0 Å².